The van der Waals surface area contributed by atoms with Crippen molar-refractivity contribution in [1.29, 1.82) is 0 Å². The molecule has 1 fully saturated rings. The molecule has 8 heteroatoms. The van der Waals surface area contributed by atoms with E-state index >= 15 is 0 Å². The molecule has 0 bridgehead atoms. The third-order valence-electron chi connectivity index (χ3n) is 6.84. The van der Waals surface area contributed by atoms with Crippen molar-refractivity contribution in [2.45, 2.75) is 57.2 Å². The Kier molecular flexibility index (Phi) is 7.55. The number of para-hydroxylation sites is 2. The van der Waals surface area contributed by atoms with Gasteiger partial charge in [0.15, 0.2) is 17.3 Å². The second-order valence-electron chi connectivity index (χ2n) is 9.44. The first-order valence-corrected chi connectivity index (χ1v) is 13.6. The molecule has 2 atom stereocenters. The number of thiophene rings is 1. The summed E-state index contributed by atoms with van der Waals surface area (Å²) in [6.45, 7) is 1.52. The zero-order valence-electron chi connectivity index (χ0n) is 20.7. The number of ketones is 1. The van der Waals surface area contributed by atoms with E-state index < -0.39 is 12.1 Å². The molecule has 2 unspecified atom stereocenters. The fourth-order valence-corrected chi connectivity index (χ4v) is 5.72. The van der Waals surface area contributed by atoms with E-state index in [-0.39, 0.29) is 30.2 Å². The number of ether oxygens (including phenoxy) is 2. The second-order valence-corrected chi connectivity index (χ2v) is 10.4. The molecule has 1 aromatic heterocycles. The van der Waals surface area contributed by atoms with Gasteiger partial charge < -0.3 is 14.8 Å². The number of hydrogen-bond acceptors (Lipinski definition) is 6. The predicted molar refractivity (Wildman–Crippen MR) is 142 cm³/mol. The normalized spacial score (nSPS) is 18.0. The number of benzene rings is 2. The van der Waals surface area contributed by atoms with Crippen LogP contribution in [0.25, 0.3) is 0 Å². The molecule has 5 rings (SSSR count). The summed E-state index contributed by atoms with van der Waals surface area (Å²) in [5, 5.41) is 5.11. The second kappa shape index (κ2) is 11.2. The van der Waals surface area contributed by atoms with Gasteiger partial charge in [0.1, 0.15) is 12.6 Å². The van der Waals surface area contributed by atoms with Crippen LogP contribution in [-0.2, 0) is 9.59 Å². The molecule has 0 spiro atoms. The molecule has 2 aromatic carbocycles. The van der Waals surface area contributed by atoms with E-state index in [1.54, 1.807) is 36.4 Å². The Morgan fingerprint density at radius 1 is 0.946 bits per heavy atom. The molecule has 2 amide bonds. The van der Waals surface area contributed by atoms with Gasteiger partial charge in [0, 0.05) is 22.2 Å². The Balaban J connectivity index is 1.52. The quantitative estimate of drug-likeness (QED) is 0.428. The minimum Gasteiger partial charge on any atom is -0.485 e. The van der Waals surface area contributed by atoms with Crippen LogP contribution >= 0.6 is 11.3 Å². The molecule has 192 valence electrons. The summed E-state index contributed by atoms with van der Waals surface area (Å²) in [5.74, 6) is 0.375. The predicted octanol–water partition coefficient (Wildman–Crippen LogP) is 5.31. The number of carbonyl (C=O) groups excluding carboxylic acids is 3. The number of anilines is 1. The number of nitrogens with one attached hydrogen (secondary N) is 1. The summed E-state index contributed by atoms with van der Waals surface area (Å²) in [7, 11) is 0. The van der Waals surface area contributed by atoms with Crippen LogP contribution in [0.5, 0.6) is 11.5 Å². The molecule has 2 aliphatic rings. The topological polar surface area (TPSA) is 84.9 Å². The van der Waals surface area contributed by atoms with Crippen LogP contribution in [0.3, 0.4) is 0 Å². The molecular weight excluding hydrogens is 488 g/mol. The highest BCUT2D eigenvalue weighted by molar-refractivity contribution is 7.10. The average molecular weight is 519 g/mol. The fraction of sp³-hybridized carbons (Fsp3) is 0.345. The van der Waals surface area contributed by atoms with Crippen LogP contribution < -0.4 is 19.7 Å². The summed E-state index contributed by atoms with van der Waals surface area (Å²) in [4.78, 5) is 42.1. The van der Waals surface area contributed by atoms with Crippen LogP contribution in [0.1, 0.15) is 60.3 Å². The van der Waals surface area contributed by atoms with Crippen molar-refractivity contribution in [2.75, 3.05) is 11.5 Å². The summed E-state index contributed by atoms with van der Waals surface area (Å²) in [6, 6.07) is 16.9. The summed E-state index contributed by atoms with van der Waals surface area (Å²) >= 11 is 1.42. The lowest BCUT2D eigenvalue weighted by atomic mass is 9.95. The van der Waals surface area contributed by atoms with E-state index in [0.29, 0.717) is 22.7 Å². The van der Waals surface area contributed by atoms with Crippen molar-refractivity contribution in [2.24, 2.45) is 0 Å². The Bertz CT molecular complexity index is 1250. The lowest BCUT2D eigenvalue weighted by Gasteiger charge is -2.35. The number of hydrogen-bond donors (Lipinski definition) is 1. The Morgan fingerprint density at radius 3 is 2.35 bits per heavy atom. The van der Waals surface area contributed by atoms with Gasteiger partial charge in [-0.3, -0.25) is 19.3 Å². The number of fused-ring (bicyclic) bond motifs is 1. The first-order valence-electron chi connectivity index (χ1n) is 12.7. The highest BCUT2D eigenvalue weighted by atomic mass is 32.1. The van der Waals surface area contributed by atoms with Crippen molar-refractivity contribution in [1.82, 2.24) is 5.32 Å². The highest BCUT2D eigenvalue weighted by Gasteiger charge is 2.40. The van der Waals surface area contributed by atoms with E-state index in [1.807, 2.05) is 29.6 Å². The molecule has 7 nitrogen and oxygen atoms in total. The average Bonchev–Trinajstić information content (AvgIpc) is 3.46. The molecule has 1 aliphatic carbocycles. The minimum absolute atomic E-state index is 0.0271. The highest BCUT2D eigenvalue weighted by Crippen LogP contribution is 2.35. The van der Waals surface area contributed by atoms with Crippen molar-refractivity contribution in [3.8, 4) is 11.5 Å². The number of nitrogens with zero attached hydrogens (tertiary/aromatic N) is 1. The zero-order chi connectivity index (χ0) is 25.8. The van der Waals surface area contributed by atoms with E-state index in [0.717, 1.165) is 30.6 Å². The van der Waals surface area contributed by atoms with Gasteiger partial charge in [-0.15, -0.1) is 11.3 Å². The number of Topliss-reactive ketones (excluding diaryl/α,β-unsaturated/α-hetero) is 1. The van der Waals surface area contributed by atoms with Crippen LogP contribution in [0.4, 0.5) is 5.69 Å². The van der Waals surface area contributed by atoms with Gasteiger partial charge >= 0.3 is 0 Å². The van der Waals surface area contributed by atoms with Crippen molar-refractivity contribution in [3.05, 3.63) is 76.5 Å². The van der Waals surface area contributed by atoms with Gasteiger partial charge in [0.05, 0.1) is 0 Å². The van der Waals surface area contributed by atoms with E-state index in [2.05, 4.69) is 5.32 Å². The van der Waals surface area contributed by atoms with Gasteiger partial charge in [-0.1, -0.05) is 37.5 Å². The lowest BCUT2D eigenvalue weighted by molar-refractivity contribution is -0.132. The van der Waals surface area contributed by atoms with Gasteiger partial charge in [-0.05, 0) is 67.6 Å². The number of carbonyl (C=O) groups is 3. The van der Waals surface area contributed by atoms with Crippen LogP contribution in [-0.4, -0.2) is 36.4 Å². The fourth-order valence-electron chi connectivity index (χ4n) is 4.90. The van der Waals surface area contributed by atoms with E-state index in [9.17, 15) is 14.4 Å². The molecule has 3 aromatic rings. The number of rotatable bonds is 7. The van der Waals surface area contributed by atoms with Crippen molar-refractivity contribution >= 4 is 34.6 Å². The molecule has 1 saturated carbocycles. The van der Waals surface area contributed by atoms with Gasteiger partial charge in [0.25, 0.3) is 5.91 Å². The zero-order valence-corrected chi connectivity index (χ0v) is 21.5. The molecule has 2 heterocycles. The summed E-state index contributed by atoms with van der Waals surface area (Å²) in [6.07, 6.45) is 4.26. The molecule has 0 radical (unpaired) electrons. The lowest BCUT2D eigenvalue weighted by Crippen LogP contribution is -2.52. The first-order chi connectivity index (χ1) is 18.0. The van der Waals surface area contributed by atoms with Crippen molar-refractivity contribution < 1.29 is 23.9 Å². The van der Waals surface area contributed by atoms with Gasteiger partial charge in [0.2, 0.25) is 12.0 Å². The smallest absolute Gasteiger partial charge is 0.272 e. The van der Waals surface area contributed by atoms with E-state index in [4.69, 9.17) is 9.47 Å². The molecule has 0 saturated heterocycles. The van der Waals surface area contributed by atoms with Gasteiger partial charge in [-0.2, -0.15) is 0 Å². The third kappa shape index (κ3) is 5.54. The van der Waals surface area contributed by atoms with E-state index in [1.165, 1.54) is 29.6 Å². The van der Waals surface area contributed by atoms with Crippen molar-refractivity contribution in [3.63, 3.8) is 0 Å². The van der Waals surface area contributed by atoms with Crippen LogP contribution in [0.2, 0.25) is 0 Å². The van der Waals surface area contributed by atoms with Crippen LogP contribution in [0.15, 0.2) is 66.0 Å². The molecule has 1 aliphatic heterocycles. The minimum atomic E-state index is -0.938. The SMILES string of the molecule is CC(=O)c1ccc(N(C(=O)C2COc3ccccc3O2)C(C(=O)NC2CCCCC2)c2cccs2)cc1. The molecular formula is C29H30N2O5S. The monoisotopic (exact) mass is 518 g/mol. The van der Waals surface area contributed by atoms with Gasteiger partial charge in [-0.25, -0.2) is 0 Å². The maximum Gasteiger partial charge on any atom is 0.272 e. The maximum absolute atomic E-state index is 14.1. The Morgan fingerprint density at radius 2 is 1.68 bits per heavy atom. The summed E-state index contributed by atoms with van der Waals surface area (Å²) < 4.78 is 11.9. The largest absolute Gasteiger partial charge is 0.485 e. The standard InChI is InChI=1S/C29H30N2O5S/c1-19(32)20-13-15-22(16-14-20)31(29(34)25-18-35-23-10-5-6-11-24(23)36-25)27(26-12-7-17-37-26)28(33)30-21-8-3-2-4-9-21/h5-7,10-17,21,25,27H,2-4,8-9,18H2,1H3,(H,30,33). The number of amides is 2. The summed E-state index contributed by atoms with van der Waals surface area (Å²) in [5.41, 5.74) is 1.04. The Hall–Kier alpha value is -3.65. The Labute approximate surface area is 220 Å². The maximum atomic E-state index is 14.1. The third-order valence-corrected chi connectivity index (χ3v) is 7.77. The molecule has 1 N–H and O–H groups in total. The van der Waals surface area contributed by atoms with Crippen LogP contribution in [0, 0.1) is 0 Å². The molecule has 37 heavy (non-hydrogen) atoms. The first kappa shape index (κ1) is 25.0.